The van der Waals surface area contributed by atoms with Crippen LogP contribution in [0.2, 0.25) is 0 Å². The molecule has 0 aliphatic carbocycles. The summed E-state index contributed by atoms with van der Waals surface area (Å²) in [5, 5.41) is 4.39. The molecule has 0 saturated carbocycles. The minimum Gasteiger partial charge on any atom is -0.329 e. The number of rotatable bonds is 3. The Morgan fingerprint density at radius 3 is 2.92 bits per heavy atom. The average Bonchev–Trinajstić information content (AvgIpc) is 2.33. The van der Waals surface area contributed by atoms with E-state index in [9.17, 15) is 0 Å². The van der Waals surface area contributed by atoms with Gasteiger partial charge in [-0.1, -0.05) is 11.8 Å². The van der Waals surface area contributed by atoms with Crippen LogP contribution in [-0.4, -0.2) is 28.4 Å². The van der Waals surface area contributed by atoms with E-state index < -0.39 is 0 Å². The van der Waals surface area contributed by atoms with Crippen LogP contribution in [0, 0.1) is 5.92 Å². The van der Waals surface area contributed by atoms with Crippen LogP contribution < -0.4 is 5.32 Å². The Hall–Kier alpha value is -0.190. The molecule has 1 aromatic heterocycles. The number of hydrogen-bond donors (Lipinski definition) is 1. The SMILES string of the molecule is Cl.Cn1ccnc1SCC1CNC1. The Bertz CT molecular complexity index is 260. The summed E-state index contributed by atoms with van der Waals surface area (Å²) in [6.45, 7) is 2.36. The number of aryl methyl sites for hydroxylation is 1. The maximum Gasteiger partial charge on any atom is 0.167 e. The summed E-state index contributed by atoms with van der Waals surface area (Å²) < 4.78 is 2.07. The number of hydrogen-bond acceptors (Lipinski definition) is 3. The van der Waals surface area contributed by atoms with Crippen molar-refractivity contribution in [2.45, 2.75) is 5.16 Å². The van der Waals surface area contributed by atoms with Crippen LogP contribution in [0.15, 0.2) is 17.6 Å². The van der Waals surface area contributed by atoms with Crippen molar-refractivity contribution in [1.82, 2.24) is 14.9 Å². The van der Waals surface area contributed by atoms with Crippen molar-refractivity contribution in [3.05, 3.63) is 12.4 Å². The largest absolute Gasteiger partial charge is 0.329 e. The molecule has 3 nitrogen and oxygen atoms in total. The highest BCUT2D eigenvalue weighted by Gasteiger charge is 2.17. The van der Waals surface area contributed by atoms with Crippen LogP contribution in [-0.2, 0) is 7.05 Å². The fraction of sp³-hybridized carbons (Fsp3) is 0.625. The second kappa shape index (κ2) is 4.88. The molecule has 0 unspecified atom stereocenters. The van der Waals surface area contributed by atoms with Crippen LogP contribution in [0.4, 0.5) is 0 Å². The summed E-state index contributed by atoms with van der Waals surface area (Å²) in [5.74, 6) is 2.05. The molecular weight excluding hydrogens is 206 g/mol. The van der Waals surface area contributed by atoms with Gasteiger partial charge in [0.25, 0.3) is 0 Å². The molecule has 0 radical (unpaired) electrons. The molecule has 1 saturated heterocycles. The first-order chi connectivity index (χ1) is 5.86. The zero-order valence-corrected chi connectivity index (χ0v) is 9.20. The number of nitrogens with zero attached hydrogens (tertiary/aromatic N) is 2. The molecular formula is C8H14ClN3S. The third-order valence-electron chi connectivity index (χ3n) is 2.09. The summed E-state index contributed by atoms with van der Waals surface area (Å²) >= 11 is 1.85. The minimum atomic E-state index is 0. The molecule has 1 aromatic rings. The number of nitrogens with one attached hydrogen (secondary N) is 1. The third-order valence-corrected chi connectivity index (χ3v) is 3.38. The van der Waals surface area contributed by atoms with Gasteiger partial charge in [-0.2, -0.15) is 0 Å². The van der Waals surface area contributed by atoms with E-state index in [2.05, 4.69) is 14.9 Å². The molecule has 0 spiro atoms. The number of thioether (sulfide) groups is 1. The van der Waals surface area contributed by atoms with Crippen LogP contribution in [0.3, 0.4) is 0 Å². The standard InChI is InChI=1S/C8H13N3S.ClH/c1-11-3-2-10-8(11)12-6-7-4-9-5-7;/h2-3,7,9H,4-6H2,1H3;1H. The Balaban J connectivity index is 0.000000845. The minimum absolute atomic E-state index is 0. The molecule has 74 valence electrons. The Labute approximate surface area is 88.7 Å². The Kier molecular flexibility index (Phi) is 4.09. The fourth-order valence-corrected chi connectivity index (χ4v) is 2.17. The molecule has 5 heteroatoms. The lowest BCUT2D eigenvalue weighted by atomic mass is 10.1. The van der Waals surface area contributed by atoms with E-state index in [-0.39, 0.29) is 12.4 Å². The molecule has 1 aliphatic heterocycles. The van der Waals surface area contributed by atoms with E-state index in [4.69, 9.17) is 0 Å². The molecule has 0 amide bonds. The van der Waals surface area contributed by atoms with E-state index in [1.54, 1.807) is 0 Å². The molecule has 0 aromatic carbocycles. The highest BCUT2D eigenvalue weighted by Crippen LogP contribution is 2.19. The first-order valence-electron chi connectivity index (χ1n) is 4.17. The van der Waals surface area contributed by atoms with Crippen molar-refractivity contribution in [3.63, 3.8) is 0 Å². The van der Waals surface area contributed by atoms with Crippen LogP contribution in [0.5, 0.6) is 0 Å². The maximum atomic E-state index is 4.25. The second-order valence-electron chi connectivity index (χ2n) is 3.16. The topological polar surface area (TPSA) is 29.9 Å². The van der Waals surface area contributed by atoms with E-state index >= 15 is 0 Å². The molecule has 2 heterocycles. The van der Waals surface area contributed by atoms with Crippen molar-refractivity contribution in [3.8, 4) is 0 Å². The molecule has 1 aliphatic rings. The normalized spacial score (nSPS) is 16.4. The number of aromatic nitrogens is 2. The molecule has 0 bridgehead atoms. The van der Waals surface area contributed by atoms with E-state index in [0.717, 1.165) is 11.1 Å². The van der Waals surface area contributed by atoms with Gasteiger partial charge >= 0.3 is 0 Å². The van der Waals surface area contributed by atoms with E-state index in [1.165, 1.54) is 18.8 Å². The van der Waals surface area contributed by atoms with Gasteiger partial charge < -0.3 is 9.88 Å². The Morgan fingerprint density at radius 2 is 2.46 bits per heavy atom. The van der Waals surface area contributed by atoms with Gasteiger partial charge in [-0.15, -0.1) is 12.4 Å². The average molecular weight is 220 g/mol. The summed E-state index contributed by atoms with van der Waals surface area (Å²) in [5.41, 5.74) is 0. The zero-order chi connectivity index (χ0) is 8.39. The number of halogens is 1. The quantitative estimate of drug-likeness (QED) is 0.774. The molecule has 1 N–H and O–H groups in total. The van der Waals surface area contributed by atoms with Crippen molar-refractivity contribution in [1.29, 1.82) is 0 Å². The third kappa shape index (κ3) is 2.62. The van der Waals surface area contributed by atoms with Gasteiger partial charge in [0.15, 0.2) is 5.16 Å². The van der Waals surface area contributed by atoms with Crippen molar-refractivity contribution in [2.75, 3.05) is 18.8 Å². The summed E-state index contributed by atoms with van der Waals surface area (Å²) in [6, 6.07) is 0. The van der Waals surface area contributed by atoms with E-state index in [0.29, 0.717) is 0 Å². The first-order valence-corrected chi connectivity index (χ1v) is 5.15. The van der Waals surface area contributed by atoms with Gasteiger partial charge in [-0.25, -0.2) is 4.98 Å². The summed E-state index contributed by atoms with van der Waals surface area (Å²) in [6.07, 6.45) is 3.84. The second-order valence-corrected chi connectivity index (χ2v) is 4.14. The first kappa shape index (κ1) is 10.9. The van der Waals surface area contributed by atoms with Gasteiger partial charge in [0.2, 0.25) is 0 Å². The van der Waals surface area contributed by atoms with Crippen molar-refractivity contribution >= 4 is 24.2 Å². The van der Waals surface area contributed by atoms with Crippen molar-refractivity contribution in [2.24, 2.45) is 13.0 Å². The van der Waals surface area contributed by atoms with Crippen LogP contribution in [0.1, 0.15) is 0 Å². The predicted octanol–water partition coefficient (Wildman–Crippen LogP) is 1.15. The molecule has 2 rings (SSSR count). The van der Waals surface area contributed by atoms with Gasteiger partial charge in [0, 0.05) is 25.2 Å². The lowest BCUT2D eigenvalue weighted by Gasteiger charge is -2.26. The lowest BCUT2D eigenvalue weighted by molar-refractivity contribution is 0.385. The monoisotopic (exact) mass is 219 g/mol. The van der Waals surface area contributed by atoms with Gasteiger partial charge in [0.05, 0.1) is 0 Å². The van der Waals surface area contributed by atoms with Crippen molar-refractivity contribution < 1.29 is 0 Å². The van der Waals surface area contributed by atoms with E-state index in [1.807, 2.05) is 31.2 Å². The predicted molar refractivity (Wildman–Crippen MR) is 57.5 cm³/mol. The van der Waals surface area contributed by atoms with Crippen LogP contribution in [0.25, 0.3) is 0 Å². The van der Waals surface area contributed by atoms with Gasteiger partial charge in [-0.05, 0) is 19.0 Å². The lowest BCUT2D eigenvalue weighted by Crippen LogP contribution is -2.43. The highest BCUT2D eigenvalue weighted by molar-refractivity contribution is 7.99. The summed E-state index contributed by atoms with van der Waals surface area (Å²) in [4.78, 5) is 4.25. The summed E-state index contributed by atoms with van der Waals surface area (Å²) in [7, 11) is 2.04. The fourth-order valence-electron chi connectivity index (χ4n) is 1.15. The molecule has 0 atom stereocenters. The smallest absolute Gasteiger partial charge is 0.167 e. The Morgan fingerprint density at radius 1 is 1.69 bits per heavy atom. The zero-order valence-electron chi connectivity index (χ0n) is 7.56. The molecule has 1 fully saturated rings. The van der Waals surface area contributed by atoms with Gasteiger partial charge in [-0.3, -0.25) is 0 Å². The van der Waals surface area contributed by atoms with Crippen LogP contribution >= 0.6 is 24.2 Å². The highest BCUT2D eigenvalue weighted by atomic mass is 35.5. The molecule has 13 heavy (non-hydrogen) atoms. The maximum absolute atomic E-state index is 4.25. The van der Waals surface area contributed by atoms with Gasteiger partial charge in [0.1, 0.15) is 0 Å². The number of imidazole rings is 1.